The third kappa shape index (κ3) is 5.37. The molecule has 3 aromatic carbocycles. The molecule has 0 unspecified atom stereocenters. The van der Waals surface area contributed by atoms with Gasteiger partial charge in [-0.3, -0.25) is 9.59 Å². The Bertz CT molecular complexity index is 1270. The maximum absolute atomic E-state index is 13.8. The second-order valence-electron chi connectivity index (χ2n) is 8.66. The monoisotopic (exact) mass is 485 g/mol. The van der Waals surface area contributed by atoms with Gasteiger partial charge in [-0.05, 0) is 66.1 Å². The summed E-state index contributed by atoms with van der Waals surface area (Å²) in [6.45, 7) is 1.33. The fourth-order valence-electron chi connectivity index (χ4n) is 4.24. The van der Waals surface area contributed by atoms with Crippen LogP contribution in [0.5, 0.6) is 5.75 Å². The Morgan fingerprint density at radius 1 is 1.09 bits per heavy atom. The molecular weight excluding hydrogens is 464 g/mol. The van der Waals surface area contributed by atoms with Gasteiger partial charge in [-0.25, -0.2) is 8.78 Å². The van der Waals surface area contributed by atoms with E-state index in [0.29, 0.717) is 29.7 Å². The zero-order valence-corrected chi connectivity index (χ0v) is 19.1. The number of nitrogens with zero attached hydrogens (tertiary/aromatic N) is 1. The van der Waals surface area contributed by atoms with Crippen LogP contribution in [-0.2, 0) is 24.2 Å². The third-order valence-corrected chi connectivity index (χ3v) is 5.97. The minimum atomic E-state index is -1.17. The van der Waals surface area contributed by atoms with Gasteiger partial charge in [0.05, 0.1) is 5.02 Å². The topological polar surface area (TPSA) is 66.8 Å². The summed E-state index contributed by atoms with van der Waals surface area (Å²) in [6, 6.07) is 15.3. The van der Waals surface area contributed by atoms with Crippen molar-refractivity contribution in [2.75, 3.05) is 6.54 Å². The smallest absolute Gasteiger partial charge is 0.323 e. The molecule has 3 aromatic rings. The number of fused-ring (bicyclic) bond motifs is 1. The Hall–Kier alpha value is -3.45. The van der Waals surface area contributed by atoms with Crippen LogP contribution in [0.1, 0.15) is 34.0 Å². The van der Waals surface area contributed by atoms with E-state index in [0.717, 1.165) is 16.0 Å². The molecule has 0 saturated heterocycles. The summed E-state index contributed by atoms with van der Waals surface area (Å²) in [6.07, 6.45) is 0.917. The molecule has 5 nitrogen and oxygen atoms in total. The molecule has 1 aliphatic heterocycles. The van der Waals surface area contributed by atoms with Crippen LogP contribution < -0.4 is 4.74 Å². The molecule has 1 heterocycles. The van der Waals surface area contributed by atoms with Crippen molar-refractivity contribution >= 4 is 23.5 Å². The highest BCUT2D eigenvalue weighted by Crippen LogP contribution is 2.38. The highest BCUT2D eigenvalue weighted by molar-refractivity contribution is 6.30. The molecule has 0 aliphatic carbocycles. The number of carbonyl (C=O) groups is 2. The molecule has 0 fully saturated rings. The van der Waals surface area contributed by atoms with Gasteiger partial charge < -0.3 is 14.7 Å². The molecule has 1 N–H and O–H groups in total. The molecule has 0 bridgehead atoms. The number of hydrogen-bond donors (Lipinski definition) is 1. The van der Waals surface area contributed by atoms with Gasteiger partial charge >= 0.3 is 5.97 Å². The van der Waals surface area contributed by atoms with Crippen molar-refractivity contribution in [3.63, 3.8) is 0 Å². The number of carboxylic acids is 1. The quantitative estimate of drug-likeness (QED) is 0.494. The summed E-state index contributed by atoms with van der Waals surface area (Å²) in [7, 11) is 0. The molecule has 1 aliphatic rings. The van der Waals surface area contributed by atoms with Crippen molar-refractivity contribution in [1.29, 1.82) is 0 Å². The fraction of sp³-hybridized carbons (Fsp3) is 0.231. The van der Waals surface area contributed by atoms with Crippen molar-refractivity contribution in [3.8, 4) is 5.75 Å². The molecule has 0 radical (unpaired) electrons. The van der Waals surface area contributed by atoms with Crippen LogP contribution >= 0.6 is 11.6 Å². The van der Waals surface area contributed by atoms with Crippen LogP contribution in [0.4, 0.5) is 8.78 Å². The van der Waals surface area contributed by atoms with E-state index < -0.39 is 35.7 Å². The van der Waals surface area contributed by atoms with Crippen molar-refractivity contribution in [3.05, 3.63) is 99.6 Å². The number of amides is 1. The predicted molar refractivity (Wildman–Crippen MR) is 123 cm³/mol. The number of benzene rings is 3. The van der Waals surface area contributed by atoms with E-state index in [1.54, 1.807) is 30.3 Å². The Morgan fingerprint density at radius 3 is 2.59 bits per heavy atom. The van der Waals surface area contributed by atoms with Gasteiger partial charge in [0.15, 0.2) is 0 Å². The number of ether oxygens (including phenoxy) is 1. The summed E-state index contributed by atoms with van der Waals surface area (Å²) >= 11 is 5.77. The van der Waals surface area contributed by atoms with Gasteiger partial charge in [-0.15, -0.1) is 0 Å². The van der Waals surface area contributed by atoms with Gasteiger partial charge in [0.1, 0.15) is 29.5 Å². The first kappa shape index (κ1) is 23.7. The minimum absolute atomic E-state index is 0.0453. The Balaban J connectivity index is 1.53. The highest BCUT2D eigenvalue weighted by Gasteiger charge is 2.36. The summed E-state index contributed by atoms with van der Waals surface area (Å²) < 4.78 is 33.5. The standard InChI is InChI=1S/C26H22ClF2NO4/c1-26(12-16-5-7-21(27)22(29)10-16)13-19-11-18(6-8-23(19)34-26)25(33)30(15-24(31)32)14-17-3-2-4-20(28)9-17/h2-11H,12-15H2,1H3,(H,31,32)/t26-/m1/s1. The van der Waals surface area contributed by atoms with E-state index in [4.69, 9.17) is 16.3 Å². The lowest BCUT2D eigenvalue weighted by Gasteiger charge is -2.24. The molecule has 0 aromatic heterocycles. The van der Waals surface area contributed by atoms with Crippen molar-refractivity contribution < 1.29 is 28.2 Å². The summed E-state index contributed by atoms with van der Waals surface area (Å²) in [5, 5.41) is 9.34. The first-order chi connectivity index (χ1) is 16.1. The summed E-state index contributed by atoms with van der Waals surface area (Å²) in [5.41, 5.74) is 1.68. The largest absolute Gasteiger partial charge is 0.487 e. The zero-order valence-electron chi connectivity index (χ0n) is 18.4. The molecule has 34 heavy (non-hydrogen) atoms. The summed E-state index contributed by atoms with van der Waals surface area (Å²) in [4.78, 5) is 25.7. The molecule has 1 atom stereocenters. The number of halogens is 3. The van der Waals surface area contributed by atoms with Crippen LogP contribution in [0.2, 0.25) is 5.02 Å². The lowest BCUT2D eigenvalue weighted by molar-refractivity contribution is -0.137. The summed E-state index contributed by atoms with van der Waals surface area (Å²) in [5.74, 6) is -2.00. The molecule has 0 saturated carbocycles. The van der Waals surface area contributed by atoms with Crippen LogP contribution in [-0.4, -0.2) is 34.0 Å². The number of rotatable bonds is 7. The first-order valence-corrected chi connectivity index (χ1v) is 11.0. The molecule has 4 rings (SSSR count). The Morgan fingerprint density at radius 2 is 1.88 bits per heavy atom. The van der Waals surface area contributed by atoms with Crippen LogP contribution in [0.25, 0.3) is 0 Å². The van der Waals surface area contributed by atoms with Crippen LogP contribution in [0, 0.1) is 11.6 Å². The van der Waals surface area contributed by atoms with Crippen molar-refractivity contribution in [1.82, 2.24) is 4.90 Å². The van der Waals surface area contributed by atoms with Gasteiger partial charge in [0.25, 0.3) is 5.91 Å². The highest BCUT2D eigenvalue weighted by atomic mass is 35.5. The van der Waals surface area contributed by atoms with Crippen molar-refractivity contribution in [2.24, 2.45) is 0 Å². The SMILES string of the molecule is C[C@@]1(Cc2ccc(Cl)c(F)c2)Cc2cc(C(=O)N(CC(=O)O)Cc3cccc(F)c3)ccc2O1. The molecule has 176 valence electrons. The van der Waals surface area contributed by atoms with E-state index in [1.165, 1.54) is 30.3 Å². The normalized spacial score (nSPS) is 16.6. The van der Waals surface area contributed by atoms with E-state index in [1.807, 2.05) is 6.92 Å². The van der Waals surface area contributed by atoms with Gasteiger partial charge in [-0.2, -0.15) is 0 Å². The number of hydrogen-bond acceptors (Lipinski definition) is 3. The van der Waals surface area contributed by atoms with Crippen molar-refractivity contribution in [2.45, 2.75) is 31.9 Å². The Kier molecular flexibility index (Phi) is 6.57. The lowest BCUT2D eigenvalue weighted by atomic mass is 9.91. The average Bonchev–Trinajstić information content (AvgIpc) is 3.10. The van der Waals surface area contributed by atoms with E-state index in [2.05, 4.69) is 0 Å². The lowest BCUT2D eigenvalue weighted by Crippen LogP contribution is -2.35. The molecule has 1 amide bonds. The van der Waals surface area contributed by atoms with Gasteiger partial charge in [0, 0.05) is 24.9 Å². The van der Waals surface area contributed by atoms with Gasteiger partial charge in [0.2, 0.25) is 0 Å². The number of carboxylic acid groups (broad SMARTS) is 1. The molecular formula is C26H22ClF2NO4. The first-order valence-electron chi connectivity index (χ1n) is 10.6. The van der Waals surface area contributed by atoms with E-state index in [9.17, 15) is 23.5 Å². The minimum Gasteiger partial charge on any atom is -0.487 e. The van der Waals surface area contributed by atoms with Crippen LogP contribution in [0.3, 0.4) is 0 Å². The number of carbonyl (C=O) groups excluding carboxylic acids is 1. The second kappa shape index (κ2) is 9.43. The zero-order chi connectivity index (χ0) is 24.5. The maximum Gasteiger partial charge on any atom is 0.323 e. The second-order valence-corrected chi connectivity index (χ2v) is 9.07. The fourth-order valence-corrected chi connectivity index (χ4v) is 4.35. The average molecular weight is 486 g/mol. The Labute approximate surface area is 200 Å². The maximum atomic E-state index is 13.8. The third-order valence-electron chi connectivity index (χ3n) is 5.67. The van der Waals surface area contributed by atoms with Gasteiger partial charge in [-0.1, -0.05) is 29.8 Å². The van der Waals surface area contributed by atoms with E-state index in [-0.39, 0.29) is 11.6 Å². The molecule has 0 spiro atoms. The predicted octanol–water partition coefficient (Wildman–Crippen LogP) is 5.28. The van der Waals surface area contributed by atoms with Crippen LogP contribution in [0.15, 0.2) is 60.7 Å². The van der Waals surface area contributed by atoms with E-state index >= 15 is 0 Å². The number of aliphatic carboxylic acids is 1. The molecule has 8 heteroatoms.